The number of nitrogen functional groups attached to an aromatic ring is 1. The highest BCUT2D eigenvalue weighted by molar-refractivity contribution is 5.74. The van der Waals surface area contributed by atoms with E-state index in [0.717, 1.165) is 66.4 Å². The van der Waals surface area contributed by atoms with Crippen molar-refractivity contribution in [2.24, 2.45) is 5.41 Å². The highest BCUT2D eigenvalue weighted by Crippen LogP contribution is 2.40. The average Bonchev–Trinajstić information content (AvgIpc) is 3.60. The summed E-state index contributed by atoms with van der Waals surface area (Å²) < 4.78 is 8.10. The quantitative estimate of drug-likeness (QED) is 0.296. The van der Waals surface area contributed by atoms with Gasteiger partial charge in [-0.15, -0.1) is 0 Å². The van der Waals surface area contributed by atoms with E-state index < -0.39 is 12.0 Å². The molecular formula is C32H37N7O3. The van der Waals surface area contributed by atoms with Gasteiger partial charge in [-0.1, -0.05) is 30.3 Å². The lowest BCUT2D eigenvalue weighted by molar-refractivity contribution is -0.139. The summed E-state index contributed by atoms with van der Waals surface area (Å²) in [6, 6.07) is 16.2. The number of aliphatic carboxylic acids is 1. The van der Waals surface area contributed by atoms with Crippen LogP contribution in [0.15, 0.2) is 54.7 Å². The first-order chi connectivity index (χ1) is 20.2. The second-order valence-electron chi connectivity index (χ2n) is 11.7. The molecule has 2 aromatic carbocycles. The van der Waals surface area contributed by atoms with E-state index in [0.29, 0.717) is 12.3 Å². The molecule has 42 heavy (non-hydrogen) atoms. The Morgan fingerprint density at radius 3 is 2.50 bits per heavy atom. The number of anilines is 2. The molecule has 2 saturated heterocycles. The fraction of sp³-hybridized carbons (Fsp3) is 0.375. The summed E-state index contributed by atoms with van der Waals surface area (Å²) in [6.07, 6.45) is 4.41. The van der Waals surface area contributed by atoms with Gasteiger partial charge in [0.15, 0.2) is 0 Å². The number of hydrogen-bond donors (Lipinski definition) is 3. The number of aromatic nitrogens is 4. The molecule has 0 bridgehead atoms. The fourth-order valence-corrected chi connectivity index (χ4v) is 6.05. The van der Waals surface area contributed by atoms with E-state index in [1.807, 2.05) is 29.9 Å². The van der Waals surface area contributed by atoms with Crippen LogP contribution in [-0.2, 0) is 11.4 Å². The number of carboxylic acids is 1. The smallest absolute Gasteiger partial charge is 0.320 e. The SMILES string of the molecule is Cc1ccn(-c2cc(-c3ccc(C)c(C)c3)ccc2COc2cc(N3CCC4(CC3)CN[C@H](C(=O)O)C4)nc(N)n2)n1. The predicted octanol–water partition coefficient (Wildman–Crippen LogP) is 4.45. The maximum Gasteiger partial charge on any atom is 0.320 e. The molecule has 1 spiro atoms. The van der Waals surface area contributed by atoms with Crippen molar-refractivity contribution in [1.82, 2.24) is 25.1 Å². The number of nitrogens with zero attached hydrogens (tertiary/aromatic N) is 5. The minimum absolute atomic E-state index is 0.0160. The van der Waals surface area contributed by atoms with E-state index in [-0.39, 0.29) is 18.0 Å². The van der Waals surface area contributed by atoms with E-state index in [9.17, 15) is 9.90 Å². The molecular weight excluding hydrogens is 530 g/mol. The normalized spacial score (nSPS) is 18.0. The summed E-state index contributed by atoms with van der Waals surface area (Å²) in [6.45, 7) is 8.78. The summed E-state index contributed by atoms with van der Waals surface area (Å²) in [5.74, 6) is 0.517. The van der Waals surface area contributed by atoms with Crippen LogP contribution in [0.5, 0.6) is 5.88 Å². The molecule has 6 rings (SSSR count). The topological polar surface area (TPSA) is 131 Å². The highest BCUT2D eigenvalue weighted by Gasteiger charge is 2.43. The summed E-state index contributed by atoms with van der Waals surface area (Å²) in [7, 11) is 0. The monoisotopic (exact) mass is 567 g/mol. The molecule has 4 N–H and O–H groups in total. The van der Waals surface area contributed by atoms with E-state index in [1.165, 1.54) is 11.1 Å². The van der Waals surface area contributed by atoms with Gasteiger partial charge in [0.05, 0.1) is 11.4 Å². The molecule has 10 nitrogen and oxygen atoms in total. The maximum atomic E-state index is 11.4. The summed E-state index contributed by atoms with van der Waals surface area (Å²) in [5, 5.41) is 17.2. The average molecular weight is 568 g/mol. The third kappa shape index (κ3) is 5.67. The van der Waals surface area contributed by atoms with Crippen LogP contribution < -0.4 is 20.7 Å². The second-order valence-corrected chi connectivity index (χ2v) is 11.7. The summed E-state index contributed by atoms with van der Waals surface area (Å²) >= 11 is 0. The van der Waals surface area contributed by atoms with Crippen molar-refractivity contribution in [3.8, 4) is 22.7 Å². The Labute approximate surface area is 245 Å². The molecule has 10 heteroatoms. The van der Waals surface area contributed by atoms with Gasteiger partial charge in [0.1, 0.15) is 18.5 Å². The zero-order valence-corrected chi connectivity index (χ0v) is 24.3. The summed E-state index contributed by atoms with van der Waals surface area (Å²) in [5.41, 5.74) is 13.7. The van der Waals surface area contributed by atoms with Gasteiger partial charge in [-0.05, 0) is 79.8 Å². The largest absolute Gasteiger partial charge is 0.480 e. The third-order valence-electron chi connectivity index (χ3n) is 8.78. The van der Waals surface area contributed by atoms with Crippen LogP contribution in [0, 0.1) is 26.2 Å². The Balaban J connectivity index is 1.20. The Bertz CT molecular complexity index is 1620. The number of carbonyl (C=O) groups is 1. The first kappa shape index (κ1) is 27.7. The van der Waals surface area contributed by atoms with Gasteiger partial charge in [0.2, 0.25) is 11.8 Å². The van der Waals surface area contributed by atoms with Gasteiger partial charge in [-0.2, -0.15) is 15.1 Å². The van der Waals surface area contributed by atoms with Crippen LogP contribution in [0.3, 0.4) is 0 Å². The second kappa shape index (κ2) is 11.1. The predicted molar refractivity (Wildman–Crippen MR) is 162 cm³/mol. The molecule has 2 aliphatic heterocycles. The molecule has 0 saturated carbocycles. The molecule has 2 fully saturated rings. The van der Waals surface area contributed by atoms with Crippen LogP contribution in [0.2, 0.25) is 0 Å². The van der Waals surface area contributed by atoms with Gasteiger partial charge in [-0.25, -0.2) is 4.68 Å². The molecule has 2 aliphatic rings. The Hall–Kier alpha value is -4.44. The van der Waals surface area contributed by atoms with E-state index in [2.05, 4.69) is 75.5 Å². The molecule has 2 aromatic heterocycles. The number of rotatable bonds is 7. The summed E-state index contributed by atoms with van der Waals surface area (Å²) in [4.78, 5) is 22.5. The van der Waals surface area contributed by atoms with Crippen molar-refractivity contribution in [2.45, 2.75) is 52.7 Å². The van der Waals surface area contributed by atoms with Gasteiger partial charge in [0, 0.05) is 37.5 Å². The Morgan fingerprint density at radius 1 is 1.05 bits per heavy atom. The molecule has 0 aliphatic carbocycles. The molecule has 0 amide bonds. The van der Waals surface area contributed by atoms with Gasteiger partial charge >= 0.3 is 5.97 Å². The number of aryl methyl sites for hydroxylation is 3. The fourth-order valence-electron chi connectivity index (χ4n) is 6.05. The number of carboxylic acid groups (broad SMARTS) is 1. The Morgan fingerprint density at radius 2 is 1.81 bits per heavy atom. The maximum absolute atomic E-state index is 11.4. The molecule has 0 radical (unpaired) electrons. The lowest BCUT2D eigenvalue weighted by Crippen LogP contribution is -2.41. The van der Waals surface area contributed by atoms with E-state index in [4.69, 9.17) is 10.5 Å². The zero-order valence-electron chi connectivity index (χ0n) is 24.3. The number of hydrogen-bond acceptors (Lipinski definition) is 8. The van der Waals surface area contributed by atoms with Gasteiger partial charge < -0.3 is 25.8 Å². The lowest BCUT2D eigenvalue weighted by Gasteiger charge is -2.39. The lowest BCUT2D eigenvalue weighted by atomic mass is 9.76. The number of piperidine rings is 1. The van der Waals surface area contributed by atoms with Gasteiger partial charge in [0.25, 0.3) is 0 Å². The van der Waals surface area contributed by atoms with Crippen LogP contribution in [0.4, 0.5) is 11.8 Å². The van der Waals surface area contributed by atoms with Crippen LogP contribution >= 0.6 is 0 Å². The third-order valence-corrected chi connectivity index (χ3v) is 8.78. The van der Waals surface area contributed by atoms with Crippen molar-refractivity contribution in [3.63, 3.8) is 0 Å². The zero-order chi connectivity index (χ0) is 29.4. The van der Waals surface area contributed by atoms with E-state index in [1.54, 1.807) is 0 Å². The van der Waals surface area contributed by atoms with Crippen LogP contribution in [0.25, 0.3) is 16.8 Å². The van der Waals surface area contributed by atoms with Crippen molar-refractivity contribution in [2.75, 3.05) is 30.3 Å². The number of ether oxygens (including phenoxy) is 1. The molecule has 4 heterocycles. The van der Waals surface area contributed by atoms with Crippen LogP contribution in [-0.4, -0.2) is 56.5 Å². The first-order valence-corrected chi connectivity index (χ1v) is 14.4. The van der Waals surface area contributed by atoms with Gasteiger partial charge in [-0.3, -0.25) is 4.79 Å². The van der Waals surface area contributed by atoms with Crippen molar-refractivity contribution >= 4 is 17.7 Å². The standard InChI is InChI=1S/C32H37N7O3/c1-20-4-5-23(14-21(20)2)24-6-7-25(27(15-24)39-11-8-22(3)37-39)18-42-29-16-28(35-31(33)36-29)38-12-9-32(10-13-38)17-26(30(40)41)34-19-32/h4-8,11,14-16,26,34H,9-10,12-13,17-19H2,1-3H3,(H,40,41)(H2,33,35,36)/t26-/m0/s1. The molecule has 4 aromatic rings. The number of benzene rings is 2. The minimum Gasteiger partial charge on any atom is -0.480 e. The molecule has 218 valence electrons. The number of nitrogens with one attached hydrogen (secondary N) is 1. The minimum atomic E-state index is -0.773. The molecule has 0 unspecified atom stereocenters. The highest BCUT2D eigenvalue weighted by atomic mass is 16.5. The van der Waals surface area contributed by atoms with Crippen molar-refractivity contribution < 1.29 is 14.6 Å². The van der Waals surface area contributed by atoms with Crippen molar-refractivity contribution in [3.05, 3.63) is 77.1 Å². The van der Waals surface area contributed by atoms with E-state index >= 15 is 0 Å². The Kier molecular flexibility index (Phi) is 7.32. The molecule has 1 atom stereocenters. The van der Waals surface area contributed by atoms with Crippen molar-refractivity contribution in [1.29, 1.82) is 0 Å². The van der Waals surface area contributed by atoms with Crippen LogP contribution in [0.1, 0.15) is 41.6 Å². The first-order valence-electron chi connectivity index (χ1n) is 14.4. The number of nitrogens with two attached hydrogens (primary N) is 1.